The van der Waals surface area contributed by atoms with Crippen LogP contribution >= 0.6 is 0 Å². The number of benzene rings is 4. The molecule has 2 heterocycles. The molecule has 4 aromatic rings. The summed E-state index contributed by atoms with van der Waals surface area (Å²) in [7, 11) is 0. The fourth-order valence-corrected chi connectivity index (χ4v) is 5.09. The van der Waals surface area contributed by atoms with Gasteiger partial charge in [-0.25, -0.2) is 0 Å². The van der Waals surface area contributed by atoms with Crippen molar-refractivity contribution in [2.45, 2.75) is 13.1 Å². The van der Waals surface area contributed by atoms with Crippen molar-refractivity contribution >= 4 is 28.4 Å². The van der Waals surface area contributed by atoms with Gasteiger partial charge in [-0.05, 0) is 54.1 Å². The molecule has 0 saturated carbocycles. The summed E-state index contributed by atoms with van der Waals surface area (Å²) in [6.07, 6.45) is 0. The summed E-state index contributed by atoms with van der Waals surface area (Å²) in [5.41, 5.74) is 8.78. The van der Waals surface area contributed by atoms with Gasteiger partial charge in [-0.1, -0.05) is 42.5 Å². The standard InChI is InChI=1S/C29H21N5/c30-16-21-11-12-22(17-31)29-27(21)19-32-20-33(29)18-23-13-14-26(15-28(23)32)34(24-7-3-1-4-8-24)25-9-5-2-6-10-25/h1-15H,18-20H2. The fourth-order valence-electron chi connectivity index (χ4n) is 5.09. The molecule has 34 heavy (non-hydrogen) atoms. The second-order valence-electron chi connectivity index (χ2n) is 8.57. The van der Waals surface area contributed by atoms with E-state index in [2.05, 4.69) is 93.6 Å². The lowest BCUT2D eigenvalue weighted by Crippen LogP contribution is -2.46. The molecule has 0 saturated heterocycles. The summed E-state index contributed by atoms with van der Waals surface area (Å²) in [6.45, 7) is 2.01. The largest absolute Gasteiger partial charge is 0.349 e. The van der Waals surface area contributed by atoms with Gasteiger partial charge >= 0.3 is 0 Å². The summed E-state index contributed by atoms with van der Waals surface area (Å²) in [4.78, 5) is 6.78. The van der Waals surface area contributed by atoms with Crippen molar-refractivity contribution in [1.29, 1.82) is 10.5 Å². The smallest absolute Gasteiger partial charge is 0.101 e. The maximum absolute atomic E-state index is 9.71. The van der Waals surface area contributed by atoms with Crippen LogP contribution < -0.4 is 14.7 Å². The highest BCUT2D eigenvalue weighted by molar-refractivity contribution is 5.81. The zero-order valence-electron chi connectivity index (χ0n) is 18.5. The SMILES string of the molecule is N#Cc1ccc(C#N)c2c1CN1CN2Cc2ccc(N(c3ccccc3)c3ccccc3)cc21. The maximum atomic E-state index is 9.71. The average Bonchev–Trinajstić information content (AvgIpc) is 2.90. The molecule has 2 aliphatic heterocycles. The van der Waals surface area contributed by atoms with Crippen LogP contribution in [0.2, 0.25) is 0 Å². The monoisotopic (exact) mass is 439 g/mol. The molecule has 0 spiro atoms. The third-order valence-electron chi connectivity index (χ3n) is 6.59. The van der Waals surface area contributed by atoms with Crippen LogP contribution in [-0.2, 0) is 13.1 Å². The van der Waals surface area contributed by atoms with E-state index in [1.165, 1.54) is 11.3 Å². The van der Waals surface area contributed by atoms with Gasteiger partial charge in [-0.15, -0.1) is 0 Å². The molecular weight excluding hydrogens is 418 g/mol. The van der Waals surface area contributed by atoms with E-state index in [0.29, 0.717) is 30.9 Å². The quantitative estimate of drug-likeness (QED) is 0.381. The first-order valence-electron chi connectivity index (χ1n) is 11.3. The van der Waals surface area contributed by atoms with Gasteiger partial charge < -0.3 is 14.7 Å². The first-order valence-corrected chi connectivity index (χ1v) is 11.3. The summed E-state index contributed by atoms with van der Waals surface area (Å²) in [5, 5.41) is 19.4. The molecule has 162 valence electrons. The van der Waals surface area contributed by atoms with Crippen molar-refractivity contribution in [3.63, 3.8) is 0 Å². The first-order chi connectivity index (χ1) is 16.8. The van der Waals surface area contributed by atoms with Crippen molar-refractivity contribution in [2.24, 2.45) is 0 Å². The molecule has 4 aromatic carbocycles. The molecule has 0 radical (unpaired) electrons. The number of para-hydroxylation sites is 2. The minimum absolute atomic E-state index is 0.609. The molecular formula is C29H21N5. The summed E-state index contributed by atoms with van der Waals surface area (Å²) >= 11 is 0. The molecule has 0 N–H and O–H groups in total. The minimum Gasteiger partial charge on any atom is -0.349 e. The van der Waals surface area contributed by atoms with Crippen LogP contribution in [0.5, 0.6) is 0 Å². The first kappa shape index (κ1) is 19.9. The number of nitriles is 2. The number of fused-ring (bicyclic) bond motifs is 6. The highest BCUT2D eigenvalue weighted by Gasteiger charge is 2.33. The molecule has 5 heteroatoms. The Bertz CT molecular complexity index is 1430. The predicted molar refractivity (Wildman–Crippen MR) is 134 cm³/mol. The highest BCUT2D eigenvalue weighted by Crippen LogP contribution is 2.43. The average molecular weight is 440 g/mol. The van der Waals surface area contributed by atoms with Crippen molar-refractivity contribution in [3.05, 3.63) is 113 Å². The van der Waals surface area contributed by atoms with Crippen LogP contribution in [0.1, 0.15) is 22.3 Å². The summed E-state index contributed by atoms with van der Waals surface area (Å²) in [5.74, 6) is 0. The molecule has 0 fully saturated rings. The van der Waals surface area contributed by atoms with Crippen LogP contribution in [-0.4, -0.2) is 6.67 Å². The molecule has 2 aliphatic rings. The van der Waals surface area contributed by atoms with Gasteiger partial charge in [0.2, 0.25) is 0 Å². The predicted octanol–water partition coefficient (Wildman–Crippen LogP) is 6.20. The van der Waals surface area contributed by atoms with Gasteiger partial charge in [0.25, 0.3) is 0 Å². The Kier molecular flexibility index (Phi) is 4.68. The highest BCUT2D eigenvalue weighted by atomic mass is 15.4. The lowest BCUT2D eigenvalue weighted by atomic mass is 9.95. The lowest BCUT2D eigenvalue weighted by Gasteiger charge is -2.45. The molecule has 0 unspecified atom stereocenters. The Morgan fingerprint density at radius 1 is 0.647 bits per heavy atom. The fraction of sp³-hybridized carbons (Fsp3) is 0.103. The van der Waals surface area contributed by atoms with Crippen LogP contribution in [0.4, 0.5) is 28.4 Å². The molecule has 0 aliphatic carbocycles. The van der Waals surface area contributed by atoms with Crippen LogP contribution in [0.25, 0.3) is 0 Å². The normalized spacial score (nSPS) is 13.4. The van der Waals surface area contributed by atoms with Gasteiger partial charge in [0.1, 0.15) is 6.07 Å². The van der Waals surface area contributed by atoms with Crippen molar-refractivity contribution in [3.8, 4) is 12.1 Å². The van der Waals surface area contributed by atoms with Crippen molar-refractivity contribution in [1.82, 2.24) is 0 Å². The number of hydrogen-bond acceptors (Lipinski definition) is 5. The van der Waals surface area contributed by atoms with Gasteiger partial charge in [0.15, 0.2) is 0 Å². The lowest BCUT2D eigenvalue weighted by molar-refractivity contribution is 0.649. The van der Waals surface area contributed by atoms with E-state index in [-0.39, 0.29) is 0 Å². The van der Waals surface area contributed by atoms with Gasteiger partial charge in [-0.2, -0.15) is 10.5 Å². The molecule has 0 atom stereocenters. The number of anilines is 5. The molecule has 0 amide bonds. The Labute approximate surface area is 198 Å². The molecule has 2 bridgehead atoms. The Morgan fingerprint density at radius 2 is 1.29 bits per heavy atom. The van der Waals surface area contributed by atoms with E-state index in [9.17, 15) is 10.5 Å². The molecule has 6 rings (SSSR count). The van der Waals surface area contributed by atoms with Crippen LogP contribution in [0.15, 0.2) is 91.0 Å². The number of rotatable bonds is 3. The van der Waals surface area contributed by atoms with E-state index < -0.39 is 0 Å². The third kappa shape index (κ3) is 3.15. The van der Waals surface area contributed by atoms with E-state index in [1.54, 1.807) is 12.1 Å². The number of nitrogens with zero attached hydrogens (tertiary/aromatic N) is 5. The third-order valence-corrected chi connectivity index (χ3v) is 6.59. The second kappa shape index (κ2) is 7.99. The van der Waals surface area contributed by atoms with Crippen molar-refractivity contribution in [2.75, 3.05) is 21.4 Å². The van der Waals surface area contributed by atoms with Gasteiger partial charge in [0.05, 0.1) is 29.6 Å². The molecule has 5 nitrogen and oxygen atoms in total. The Hall–Kier alpha value is -4.74. The second-order valence-corrected chi connectivity index (χ2v) is 8.57. The Balaban J connectivity index is 1.46. The van der Waals surface area contributed by atoms with E-state index in [1.807, 2.05) is 12.1 Å². The van der Waals surface area contributed by atoms with Gasteiger partial charge in [0, 0.05) is 41.4 Å². The van der Waals surface area contributed by atoms with Crippen LogP contribution in [0.3, 0.4) is 0 Å². The minimum atomic E-state index is 0.609. The summed E-state index contributed by atoms with van der Waals surface area (Å²) in [6, 6.07) is 35.5. The van der Waals surface area contributed by atoms with Gasteiger partial charge in [-0.3, -0.25) is 0 Å². The Morgan fingerprint density at radius 3 is 1.94 bits per heavy atom. The van der Waals surface area contributed by atoms with Crippen molar-refractivity contribution < 1.29 is 0 Å². The zero-order valence-corrected chi connectivity index (χ0v) is 18.5. The summed E-state index contributed by atoms with van der Waals surface area (Å²) < 4.78 is 0. The maximum Gasteiger partial charge on any atom is 0.101 e. The number of hydrogen-bond donors (Lipinski definition) is 0. The van der Waals surface area contributed by atoms with Crippen LogP contribution in [0, 0.1) is 22.7 Å². The van der Waals surface area contributed by atoms with E-state index in [4.69, 9.17) is 0 Å². The van der Waals surface area contributed by atoms with E-state index in [0.717, 1.165) is 28.3 Å². The zero-order chi connectivity index (χ0) is 23.1. The topological polar surface area (TPSA) is 57.3 Å². The van der Waals surface area contributed by atoms with E-state index >= 15 is 0 Å². The molecule has 0 aromatic heterocycles.